The van der Waals surface area contributed by atoms with Crippen LogP contribution in [0.3, 0.4) is 0 Å². The SMILES string of the molecule is CNCC(C)(CCCCOC)C1CC1. The summed E-state index contributed by atoms with van der Waals surface area (Å²) in [7, 11) is 3.85. The summed E-state index contributed by atoms with van der Waals surface area (Å²) in [5.41, 5.74) is 0.544. The summed E-state index contributed by atoms with van der Waals surface area (Å²) in [5, 5.41) is 3.34. The van der Waals surface area contributed by atoms with Crippen LogP contribution < -0.4 is 5.32 Å². The van der Waals surface area contributed by atoms with Gasteiger partial charge in [-0.3, -0.25) is 0 Å². The second kappa shape index (κ2) is 5.72. The van der Waals surface area contributed by atoms with Gasteiger partial charge in [-0.15, -0.1) is 0 Å². The van der Waals surface area contributed by atoms with Gasteiger partial charge in [-0.05, 0) is 44.1 Å². The lowest BCUT2D eigenvalue weighted by atomic mass is 9.80. The van der Waals surface area contributed by atoms with Gasteiger partial charge in [0.05, 0.1) is 0 Å². The molecule has 2 heteroatoms. The summed E-state index contributed by atoms with van der Waals surface area (Å²) in [6.07, 6.45) is 6.76. The average Bonchev–Trinajstić information content (AvgIpc) is 2.96. The number of rotatable bonds is 8. The highest BCUT2D eigenvalue weighted by molar-refractivity contribution is 4.92. The van der Waals surface area contributed by atoms with Crippen LogP contribution in [0, 0.1) is 11.3 Å². The van der Waals surface area contributed by atoms with E-state index in [4.69, 9.17) is 4.74 Å². The molecule has 0 spiro atoms. The van der Waals surface area contributed by atoms with Crippen LogP contribution in [0.1, 0.15) is 39.0 Å². The number of ether oxygens (including phenoxy) is 1. The van der Waals surface area contributed by atoms with Crippen molar-refractivity contribution in [2.45, 2.75) is 39.0 Å². The summed E-state index contributed by atoms with van der Waals surface area (Å²) in [6.45, 7) is 4.53. The van der Waals surface area contributed by atoms with E-state index in [9.17, 15) is 0 Å². The number of hydrogen-bond acceptors (Lipinski definition) is 2. The third-order valence-electron chi connectivity index (χ3n) is 3.49. The molecule has 0 heterocycles. The molecule has 0 aromatic heterocycles. The maximum atomic E-state index is 5.08. The standard InChI is InChI=1S/C12H25NO/c1-12(10-13-2,11-6-7-11)8-4-5-9-14-3/h11,13H,4-10H2,1-3H3. The first kappa shape index (κ1) is 12.0. The molecule has 0 amide bonds. The largest absolute Gasteiger partial charge is 0.385 e. The summed E-state index contributed by atoms with van der Waals surface area (Å²) >= 11 is 0. The smallest absolute Gasteiger partial charge is 0.0462 e. The number of nitrogens with one attached hydrogen (secondary N) is 1. The van der Waals surface area contributed by atoms with Crippen LogP contribution >= 0.6 is 0 Å². The van der Waals surface area contributed by atoms with Gasteiger partial charge in [-0.1, -0.05) is 13.3 Å². The van der Waals surface area contributed by atoms with Gasteiger partial charge in [0, 0.05) is 20.3 Å². The Morgan fingerprint density at radius 1 is 1.36 bits per heavy atom. The monoisotopic (exact) mass is 199 g/mol. The van der Waals surface area contributed by atoms with Crippen molar-refractivity contribution in [3.05, 3.63) is 0 Å². The molecule has 1 N–H and O–H groups in total. The van der Waals surface area contributed by atoms with E-state index in [2.05, 4.69) is 19.3 Å². The van der Waals surface area contributed by atoms with E-state index < -0.39 is 0 Å². The third kappa shape index (κ3) is 3.58. The minimum Gasteiger partial charge on any atom is -0.385 e. The van der Waals surface area contributed by atoms with Gasteiger partial charge in [0.25, 0.3) is 0 Å². The van der Waals surface area contributed by atoms with Crippen LogP contribution in [-0.4, -0.2) is 27.3 Å². The molecule has 0 aromatic rings. The second-order valence-electron chi connectivity index (χ2n) is 4.91. The Balaban J connectivity index is 2.21. The fraction of sp³-hybridized carbons (Fsp3) is 1.00. The molecule has 0 aromatic carbocycles. The minimum absolute atomic E-state index is 0.544. The Bertz CT molecular complexity index is 156. The Hall–Kier alpha value is -0.0800. The molecule has 1 unspecified atom stereocenters. The van der Waals surface area contributed by atoms with E-state index in [1.165, 1.54) is 38.6 Å². The van der Waals surface area contributed by atoms with Gasteiger partial charge < -0.3 is 10.1 Å². The molecule has 1 aliphatic carbocycles. The van der Waals surface area contributed by atoms with Crippen LogP contribution in [0.5, 0.6) is 0 Å². The van der Waals surface area contributed by atoms with Crippen LogP contribution in [0.4, 0.5) is 0 Å². The molecule has 1 aliphatic rings. The molecule has 1 rings (SSSR count). The van der Waals surface area contributed by atoms with Crippen molar-refractivity contribution in [2.24, 2.45) is 11.3 Å². The van der Waals surface area contributed by atoms with E-state index in [-0.39, 0.29) is 0 Å². The number of methoxy groups -OCH3 is 1. The van der Waals surface area contributed by atoms with Gasteiger partial charge in [0.1, 0.15) is 0 Å². The van der Waals surface area contributed by atoms with Crippen molar-refractivity contribution in [3.8, 4) is 0 Å². The van der Waals surface area contributed by atoms with E-state index in [0.29, 0.717) is 5.41 Å². The van der Waals surface area contributed by atoms with Gasteiger partial charge in [0.2, 0.25) is 0 Å². The van der Waals surface area contributed by atoms with E-state index >= 15 is 0 Å². The van der Waals surface area contributed by atoms with Crippen LogP contribution in [0.25, 0.3) is 0 Å². The zero-order chi connectivity index (χ0) is 10.4. The lowest BCUT2D eigenvalue weighted by molar-refractivity contribution is 0.177. The maximum absolute atomic E-state index is 5.08. The molecule has 0 bridgehead atoms. The fourth-order valence-electron chi connectivity index (χ4n) is 2.40. The van der Waals surface area contributed by atoms with Crippen LogP contribution in [0.2, 0.25) is 0 Å². The Kier molecular flexibility index (Phi) is 4.90. The Morgan fingerprint density at radius 3 is 2.57 bits per heavy atom. The summed E-state index contributed by atoms with van der Waals surface area (Å²) < 4.78 is 5.08. The number of unbranched alkanes of at least 4 members (excludes halogenated alkanes) is 1. The minimum atomic E-state index is 0.544. The molecule has 14 heavy (non-hydrogen) atoms. The van der Waals surface area contributed by atoms with Crippen LogP contribution in [0.15, 0.2) is 0 Å². The van der Waals surface area contributed by atoms with Crippen molar-refractivity contribution in [3.63, 3.8) is 0 Å². The predicted octanol–water partition coefficient (Wildman–Crippen LogP) is 2.44. The highest BCUT2D eigenvalue weighted by Gasteiger charge is 2.40. The summed E-state index contributed by atoms with van der Waals surface area (Å²) in [4.78, 5) is 0. The highest BCUT2D eigenvalue weighted by Crippen LogP contribution is 2.47. The quantitative estimate of drug-likeness (QED) is 0.606. The summed E-state index contributed by atoms with van der Waals surface area (Å²) in [5.74, 6) is 0.984. The molecule has 2 nitrogen and oxygen atoms in total. The lowest BCUT2D eigenvalue weighted by Crippen LogP contribution is -2.31. The first-order chi connectivity index (χ1) is 6.73. The molecule has 0 aliphatic heterocycles. The molecule has 84 valence electrons. The molecular weight excluding hydrogens is 174 g/mol. The van der Waals surface area contributed by atoms with Gasteiger partial charge in [-0.2, -0.15) is 0 Å². The zero-order valence-electron chi connectivity index (χ0n) is 9.94. The topological polar surface area (TPSA) is 21.3 Å². The lowest BCUT2D eigenvalue weighted by Gasteiger charge is -2.29. The average molecular weight is 199 g/mol. The summed E-state index contributed by atoms with van der Waals surface area (Å²) in [6, 6.07) is 0. The normalized spacial score (nSPS) is 20.8. The van der Waals surface area contributed by atoms with Crippen molar-refractivity contribution < 1.29 is 4.74 Å². The van der Waals surface area contributed by atoms with E-state index in [0.717, 1.165) is 12.5 Å². The zero-order valence-corrected chi connectivity index (χ0v) is 9.94. The first-order valence-electron chi connectivity index (χ1n) is 5.86. The molecule has 0 radical (unpaired) electrons. The Morgan fingerprint density at radius 2 is 2.07 bits per heavy atom. The van der Waals surface area contributed by atoms with Gasteiger partial charge >= 0.3 is 0 Å². The van der Waals surface area contributed by atoms with E-state index in [1.54, 1.807) is 7.11 Å². The van der Waals surface area contributed by atoms with Crippen molar-refractivity contribution in [2.75, 3.05) is 27.3 Å². The van der Waals surface area contributed by atoms with Crippen molar-refractivity contribution in [1.82, 2.24) is 5.32 Å². The van der Waals surface area contributed by atoms with Crippen molar-refractivity contribution in [1.29, 1.82) is 0 Å². The maximum Gasteiger partial charge on any atom is 0.0462 e. The second-order valence-corrected chi connectivity index (χ2v) is 4.91. The van der Waals surface area contributed by atoms with Crippen LogP contribution in [-0.2, 0) is 4.74 Å². The third-order valence-corrected chi connectivity index (χ3v) is 3.49. The molecule has 1 saturated carbocycles. The molecule has 0 saturated heterocycles. The van der Waals surface area contributed by atoms with Gasteiger partial charge in [-0.25, -0.2) is 0 Å². The molecule has 1 fully saturated rings. The fourth-order valence-corrected chi connectivity index (χ4v) is 2.40. The number of hydrogen-bond donors (Lipinski definition) is 1. The van der Waals surface area contributed by atoms with Gasteiger partial charge in [0.15, 0.2) is 0 Å². The highest BCUT2D eigenvalue weighted by atomic mass is 16.5. The molecular formula is C12H25NO. The Labute approximate surface area is 88.4 Å². The van der Waals surface area contributed by atoms with E-state index in [1.807, 2.05) is 0 Å². The van der Waals surface area contributed by atoms with Crippen molar-refractivity contribution >= 4 is 0 Å². The molecule has 1 atom stereocenters. The first-order valence-corrected chi connectivity index (χ1v) is 5.86. The predicted molar refractivity (Wildman–Crippen MR) is 60.5 cm³/mol.